The second-order valence-electron chi connectivity index (χ2n) is 7.27. The standard InChI is InChI=1S/C20H24N2O4S/c1-15-8-13-26-19(15)20(23)21-9-11-22(12-10-21)27(24,25)18-7-6-16-4-2-3-5-17(16)14-18/h6-8,13-14H,2-5,9-12H2,1H3. The highest BCUT2D eigenvalue weighted by molar-refractivity contribution is 7.89. The highest BCUT2D eigenvalue weighted by Gasteiger charge is 2.32. The Kier molecular flexibility index (Phi) is 4.82. The van der Waals surface area contributed by atoms with Crippen molar-refractivity contribution in [2.75, 3.05) is 26.2 Å². The second kappa shape index (κ2) is 7.13. The van der Waals surface area contributed by atoms with Crippen LogP contribution in [0.5, 0.6) is 0 Å². The van der Waals surface area contributed by atoms with E-state index < -0.39 is 10.0 Å². The molecule has 1 aromatic heterocycles. The molecule has 1 fully saturated rings. The summed E-state index contributed by atoms with van der Waals surface area (Å²) < 4.78 is 32.8. The SMILES string of the molecule is Cc1ccoc1C(=O)N1CCN(S(=O)(=O)c2ccc3c(c2)CCCC3)CC1. The van der Waals surface area contributed by atoms with Gasteiger partial charge < -0.3 is 9.32 Å². The Labute approximate surface area is 159 Å². The summed E-state index contributed by atoms with van der Waals surface area (Å²) in [5, 5.41) is 0. The van der Waals surface area contributed by atoms with Crippen molar-refractivity contribution < 1.29 is 17.6 Å². The molecular formula is C20H24N2O4S. The molecule has 1 aliphatic carbocycles. The number of amides is 1. The molecule has 144 valence electrons. The Hall–Kier alpha value is -2.12. The molecule has 1 saturated heterocycles. The lowest BCUT2D eigenvalue weighted by molar-refractivity contribution is 0.0665. The predicted octanol–water partition coefficient (Wildman–Crippen LogP) is 2.61. The largest absolute Gasteiger partial charge is 0.459 e. The highest BCUT2D eigenvalue weighted by atomic mass is 32.2. The van der Waals surface area contributed by atoms with E-state index in [0.717, 1.165) is 30.4 Å². The van der Waals surface area contributed by atoms with Gasteiger partial charge in [-0.05, 0) is 61.9 Å². The van der Waals surface area contributed by atoms with Crippen LogP contribution in [0.3, 0.4) is 0 Å². The maximum absolute atomic E-state index is 13.0. The molecule has 27 heavy (non-hydrogen) atoms. The molecule has 0 bridgehead atoms. The number of rotatable bonds is 3. The molecule has 1 aliphatic heterocycles. The van der Waals surface area contributed by atoms with Gasteiger partial charge in [-0.15, -0.1) is 0 Å². The first-order valence-electron chi connectivity index (χ1n) is 9.42. The van der Waals surface area contributed by atoms with Crippen molar-refractivity contribution in [1.29, 1.82) is 0 Å². The molecule has 1 aromatic carbocycles. The molecule has 2 aromatic rings. The molecule has 2 heterocycles. The third-order valence-corrected chi connectivity index (χ3v) is 7.43. The number of hydrogen-bond donors (Lipinski definition) is 0. The van der Waals surface area contributed by atoms with Crippen LogP contribution in [0.4, 0.5) is 0 Å². The van der Waals surface area contributed by atoms with E-state index >= 15 is 0 Å². The van der Waals surface area contributed by atoms with Gasteiger partial charge in [0.15, 0.2) is 5.76 Å². The van der Waals surface area contributed by atoms with E-state index in [1.54, 1.807) is 17.0 Å². The summed E-state index contributed by atoms with van der Waals surface area (Å²) >= 11 is 0. The van der Waals surface area contributed by atoms with Crippen LogP contribution >= 0.6 is 0 Å². The Morgan fingerprint density at radius 3 is 2.37 bits per heavy atom. The van der Waals surface area contributed by atoms with E-state index in [9.17, 15) is 13.2 Å². The zero-order chi connectivity index (χ0) is 19.0. The van der Waals surface area contributed by atoms with Crippen molar-refractivity contribution >= 4 is 15.9 Å². The number of carbonyl (C=O) groups is 1. The van der Waals surface area contributed by atoms with Crippen LogP contribution in [0.2, 0.25) is 0 Å². The normalized spacial score (nSPS) is 18.3. The van der Waals surface area contributed by atoms with Gasteiger partial charge in [-0.25, -0.2) is 8.42 Å². The smallest absolute Gasteiger partial charge is 0.289 e. The van der Waals surface area contributed by atoms with Crippen LogP contribution in [-0.2, 0) is 22.9 Å². The van der Waals surface area contributed by atoms with Crippen LogP contribution in [0, 0.1) is 6.92 Å². The molecule has 0 spiro atoms. The van der Waals surface area contributed by atoms with E-state index in [4.69, 9.17) is 4.42 Å². The van der Waals surface area contributed by atoms with Gasteiger partial charge in [0.1, 0.15) is 0 Å². The summed E-state index contributed by atoms with van der Waals surface area (Å²) in [5.41, 5.74) is 3.22. The van der Waals surface area contributed by atoms with Crippen molar-refractivity contribution in [3.05, 3.63) is 53.0 Å². The van der Waals surface area contributed by atoms with Crippen LogP contribution < -0.4 is 0 Å². The maximum atomic E-state index is 13.0. The lowest BCUT2D eigenvalue weighted by Gasteiger charge is -2.33. The summed E-state index contributed by atoms with van der Waals surface area (Å²) in [7, 11) is -3.53. The zero-order valence-electron chi connectivity index (χ0n) is 15.5. The van der Waals surface area contributed by atoms with Gasteiger partial charge in [-0.1, -0.05) is 6.07 Å². The van der Waals surface area contributed by atoms with Gasteiger partial charge in [0.25, 0.3) is 5.91 Å². The van der Waals surface area contributed by atoms with Crippen LogP contribution in [0.25, 0.3) is 0 Å². The number of nitrogens with zero attached hydrogens (tertiary/aromatic N) is 2. The first-order valence-corrected chi connectivity index (χ1v) is 10.9. The number of benzene rings is 1. The first-order chi connectivity index (χ1) is 13.0. The average molecular weight is 388 g/mol. The van der Waals surface area contributed by atoms with Crippen molar-refractivity contribution in [2.45, 2.75) is 37.5 Å². The molecule has 0 N–H and O–H groups in total. The fourth-order valence-corrected chi connectivity index (χ4v) is 5.36. The molecule has 0 saturated carbocycles. The molecule has 7 heteroatoms. The molecule has 1 amide bonds. The fourth-order valence-electron chi connectivity index (χ4n) is 3.89. The summed E-state index contributed by atoms with van der Waals surface area (Å²) in [6, 6.07) is 7.28. The minimum atomic E-state index is -3.53. The van der Waals surface area contributed by atoms with Crippen LogP contribution in [-0.4, -0.2) is 49.7 Å². The average Bonchev–Trinajstić information content (AvgIpc) is 3.13. The van der Waals surface area contributed by atoms with Gasteiger partial charge >= 0.3 is 0 Å². The Morgan fingerprint density at radius 2 is 1.70 bits per heavy atom. The van der Waals surface area contributed by atoms with Crippen molar-refractivity contribution in [3.63, 3.8) is 0 Å². The second-order valence-corrected chi connectivity index (χ2v) is 9.20. The topological polar surface area (TPSA) is 70.8 Å². The summed E-state index contributed by atoms with van der Waals surface area (Å²) in [6.45, 7) is 3.15. The summed E-state index contributed by atoms with van der Waals surface area (Å²) in [4.78, 5) is 14.6. The number of sulfonamides is 1. The van der Waals surface area contributed by atoms with E-state index in [1.165, 1.54) is 22.6 Å². The van der Waals surface area contributed by atoms with Crippen LogP contribution in [0.15, 0.2) is 39.8 Å². The number of furan rings is 1. The van der Waals surface area contributed by atoms with E-state index in [0.29, 0.717) is 36.8 Å². The van der Waals surface area contributed by atoms with E-state index in [-0.39, 0.29) is 5.91 Å². The predicted molar refractivity (Wildman–Crippen MR) is 101 cm³/mol. The first kappa shape index (κ1) is 18.3. The van der Waals surface area contributed by atoms with E-state index in [1.807, 2.05) is 19.1 Å². The molecule has 0 atom stereocenters. The maximum Gasteiger partial charge on any atom is 0.289 e. The Morgan fingerprint density at radius 1 is 1.00 bits per heavy atom. The quantitative estimate of drug-likeness (QED) is 0.810. The van der Waals surface area contributed by atoms with Gasteiger partial charge in [0.05, 0.1) is 11.2 Å². The molecule has 0 radical (unpaired) electrons. The molecular weight excluding hydrogens is 364 g/mol. The molecule has 0 unspecified atom stereocenters. The lowest BCUT2D eigenvalue weighted by atomic mass is 9.92. The van der Waals surface area contributed by atoms with Crippen molar-refractivity contribution in [3.8, 4) is 0 Å². The number of piperazine rings is 1. The minimum absolute atomic E-state index is 0.177. The fraction of sp³-hybridized carbons (Fsp3) is 0.450. The van der Waals surface area contributed by atoms with Gasteiger partial charge in [-0.3, -0.25) is 4.79 Å². The zero-order valence-corrected chi connectivity index (χ0v) is 16.3. The van der Waals surface area contributed by atoms with Gasteiger partial charge in [0, 0.05) is 31.7 Å². The number of carbonyl (C=O) groups excluding carboxylic acids is 1. The van der Waals surface area contributed by atoms with E-state index in [2.05, 4.69) is 0 Å². The third kappa shape index (κ3) is 3.41. The highest BCUT2D eigenvalue weighted by Crippen LogP contribution is 2.26. The number of fused-ring (bicyclic) bond motifs is 1. The minimum Gasteiger partial charge on any atom is -0.459 e. The van der Waals surface area contributed by atoms with Crippen molar-refractivity contribution in [2.24, 2.45) is 0 Å². The Bertz CT molecular complexity index is 956. The molecule has 6 nitrogen and oxygen atoms in total. The molecule has 4 rings (SSSR count). The summed E-state index contributed by atoms with van der Waals surface area (Å²) in [6.07, 6.45) is 5.76. The Balaban J connectivity index is 1.47. The number of hydrogen-bond acceptors (Lipinski definition) is 4. The molecule has 2 aliphatic rings. The van der Waals surface area contributed by atoms with Gasteiger partial charge in [0.2, 0.25) is 10.0 Å². The lowest BCUT2D eigenvalue weighted by Crippen LogP contribution is -2.50. The number of aryl methyl sites for hydroxylation is 3. The van der Waals surface area contributed by atoms with Crippen molar-refractivity contribution in [1.82, 2.24) is 9.21 Å². The third-order valence-electron chi connectivity index (χ3n) is 5.54. The van der Waals surface area contributed by atoms with Gasteiger partial charge in [-0.2, -0.15) is 4.31 Å². The monoisotopic (exact) mass is 388 g/mol. The summed E-state index contributed by atoms with van der Waals surface area (Å²) in [5.74, 6) is 0.157. The van der Waals surface area contributed by atoms with Crippen LogP contribution in [0.1, 0.15) is 40.1 Å².